The van der Waals surface area contributed by atoms with Gasteiger partial charge < -0.3 is 21.1 Å². The standard InChI is InChI=1S/C8H11NO.C8H10O2.C8H8/c2*9-6-8(10)7-4-2-1-3-5-7;1-2-8-6-4-3-5-7-8/h1-5,8,10H,6,9H2;1-5,8-10H,6H2;2-7H,1H2/t2*8-;/m11./s1. The van der Waals surface area contributed by atoms with E-state index in [9.17, 15) is 5.11 Å². The van der Waals surface area contributed by atoms with Gasteiger partial charge in [0.05, 0.1) is 12.7 Å². The summed E-state index contributed by atoms with van der Waals surface area (Å²) >= 11 is 0. The van der Waals surface area contributed by atoms with Crippen molar-refractivity contribution in [1.29, 1.82) is 0 Å². The van der Waals surface area contributed by atoms with Gasteiger partial charge in [0.25, 0.3) is 0 Å². The minimum absolute atomic E-state index is 0.218. The highest BCUT2D eigenvalue weighted by molar-refractivity contribution is 5.45. The van der Waals surface area contributed by atoms with E-state index in [0.29, 0.717) is 0 Å². The number of hydrogen-bond acceptors (Lipinski definition) is 4. The molecule has 0 spiro atoms. The quantitative estimate of drug-likeness (QED) is 0.544. The van der Waals surface area contributed by atoms with E-state index in [1.807, 2.05) is 84.9 Å². The molecule has 0 bridgehead atoms. The molecule has 0 aliphatic heterocycles. The SMILES string of the molecule is C=Cc1ccccc1.NC[C@@H](O)c1ccccc1.OC[C@@H](O)c1ccccc1. The first-order valence-corrected chi connectivity index (χ1v) is 9.06. The van der Waals surface area contributed by atoms with Crippen LogP contribution in [-0.4, -0.2) is 28.5 Å². The van der Waals surface area contributed by atoms with Crippen molar-refractivity contribution in [2.45, 2.75) is 12.2 Å². The Morgan fingerprint density at radius 3 is 1.43 bits per heavy atom. The van der Waals surface area contributed by atoms with Crippen molar-refractivity contribution in [2.75, 3.05) is 13.2 Å². The molecule has 0 heterocycles. The van der Waals surface area contributed by atoms with Crippen molar-refractivity contribution in [1.82, 2.24) is 0 Å². The van der Waals surface area contributed by atoms with Crippen LogP contribution in [0.25, 0.3) is 6.08 Å². The van der Waals surface area contributed by atoms with E-state index in [1.165, 1.54) is 5.56 Å². The molecule has 3 aromatic carbocycles. The van der Waals surface area contributed by atoms with Crippen LogP contribution in [0.4, 0.5) is 0 Å². The molecule has 28 heavy (non-hydrogen) atoms. The van der Waals surface area contributed by atoms with E-state index in [-0.39, 0.29) is 13.2 Å². The third kappa shape index (κ3) is 9.26. The van der Waals surface area contributed by atoms with Gasteiger partial charge in [-0.1, -0.05) is 104 Å². The van der Waals surface area contributed by atoms with Crippen LogP contribution in [0.3, 0.4) is 0 Å². The normalized spacial score (nSPS) is 11.7. The molecule has 5 N–H and O–H groups in total. The molecule has 0 aromatic heterocycles. The van der Waals surface area contributed by atoms with Gasteiger partial charge in [0.2, 0.25) is 0 Å². The molecule has 0 aliphatic carbocycles. The molecule has 0 aliphatic rings. The van der Waals surface area contributed by atoms with Gasteiger partial charge in [0, 0.05) is 6.54 Å². The third-order valence-electron chi connectivity index (χ3n) is 3.80. The maximum Gasteiger partial charge on any atom is 0.102 e. The lowest BCUT2D eigenvalue weighted by Crippen LogP contribution is -2.10. The summed E-state index contributed by atoms with van der Waals surface area (Å²) in [5, 5.41) is 26.8. The van der Waals surface area contributed by atoms with Crippen LogP contribution >= 0.6 is 0 Å². The summed E-state index contributed by atoms with van der Waals surface area (Å²) in [6, 6.07) is 28.5. The Balaban J connectivity index is 0.000000212. The van der Waals surface area contributed by atoms with Crippen molar-refractivity contribution in [3.8, 4) is 0 Å². The first-order chi connectivity index (χ1) is 13.6. The molecule has 0 saturated carbocycles. The molecule has 0 radical (unpaired) electrons. The van der Waals surface area contributed by atoms with E-state index >= 15 is 0 Å². The number of hydrogen-bond donors (Lipinski definition) is 4. The molecule has 0 amide bonds. The molecule has 3 aromatic rings. The van der Waals surface area contributed by atoms with Gasteiger partial charge in [-0.05, 0) is 16.7 Å². The molecule has 0 unspecified atom stereocenters. The fraction of sp³-hybridized carbons (Fsp3) is 0.167. The van der Waals surface area contributed by atoms with Crippen molar-refractivity contribution >= 4 is 6.08 Å². The summed E-state index contributed by atoms with van der Waals surface area (Å²) in [5.41, 5.74) is 8.06. The highest BCUT2D eigenvalue weighted by atomic mass is 16.3. The van der Waals surface area contributed by atoms with E-state index in [1.54, 1.807) is 12.1 Å². The van der Waals surface area contributed by atoms with E-state index in [0.717, 1.165) is 11.1 Å². The monoisotopic (exact) mass is 379 g/mol. The topological polar surface area (TPSA) is 86.7 Å². The Bertz CT molecular complexity index is 703. The summed E-state index contributed by atoms with van der Waals surface area (Å²) in [6.07, 6.45) is 0.586. The van der Waals surface area contributed by atoms with Gasteiger partial charge in [-0.3, -0.25) is 0 Å². The zero-order valence-corrected chi connectivity index (χ0v) is 15.9. The highest BCUT2D eigenvalue weighted by Gasteiger charge is 2.02. The molecule has 0 fully saturated rings. The van der Waals surface area contributed by atoms with E-state index in [2.05, 4.69) is 6.58 Å². The van der Waals surface area contributed by atoms with Crippen LogP contribution in [-0.2, 0) is 0 Å². The van der Waals surface area contributed by atoms with Gasteiger partial charge in [-0.25, -0.2) is 0 Å². The summed E-state index contributed by atoms with van der Waals surface area (Å²) in [5.74, 6) is 0. The molecule has 4 nitrogen and oxygen atoms in total. The first kappa shape index (κ1) is 23.3. The predicted octanol–water partition coefficient (Wildman–Crippen LogP) is 3.72. The van der Waals surface area contributed by atoms with E-state index in [4.69, 9.17) is 15.9 Å². The smallest absolute Gasteiger partial charge is 0.102 e. The fourth-order valence-electron chi connectivity index (χ4n) is 2.18. The lowest BCUT2D eigenvalue weighted by atomic mass is 10.1. The lowest BCUT2D eigenvalue weighted by molar-refractivity contribution is 0.0956. The van der Waals surface area contributed by atoms with Crippen molar-refractivity contribution < 1.29 is 15.3 Å². The van der Waals surface area contributed by atoms with Crippen LogP contribution in [0, 0.1) is 0 Å². The van der Waals surface area contributed by atoms with Crippen LogP contribution < -0.4 is 5.73 Å². The second-order valence-corrected chi connectivity index (χ2v) is 5.89. The number of benzene rings is 3. The average molecular weight is 380 g/mol. The second kappa shape index (κ2) is 14.3. The van der Waals surface area contributed by atoms with Crippen LogP contribution in [0.2, 0.25) is 0 Å². The second-order valence-electron chi connectivity index (χ2n) is 5.89. The van der Waals surface area contributed by atoms with Crippen LogP contribution in [0.15, 0.2) is 97.6 Å². The Morgan fingerprint density at radius 1 is 0.714 bits per heavy atom. The molecule has 3 rings (SSSR count). The number of nitrogens with two attached hydrogens (primary N) is 1. The average Bonchev–Trinajstić information content (AvgIpc) is 2.80. The van der Waals surface area contributed by atoms with Crippen molar-refractivity contribution in [3.05, 3.63) is 114 Å². The number of aliphatic hydroxyl groups is 3. The van der Waals surface area contributed by atoms with Crippen molar-refractivity contribution in [2.24, 2.45) is 5.73 Å². The van der Waals surface area contributed by atoms with Crippen LogP contribution in [0.1, 0.15) is 28.9 Å². The van der Waals surface area contributed by atoms with Gasteiger partial charge >= 0.3 is 0 Å². The number of rotatable bonds is 5. The first-order valence-electron chi connectivity index (χ1n) is 9.06. The maximum absolute atomic E-state index is 9.20. The maximum atomic E-state index is 9.20. The van der Waals surface area contributed by atoms with Crippen LogP contribution in [0.5, 0.6) is 0 Å². The fourth-order valence-corrected chi connectivity index (χ4v) is 2.18. The predicted molar refractivity (Wildman–Crippen MR) is 115 cm³/mol. The van der Waals surface area contributed by atoms with Crippen molar-refractivity contribution in [3.63, 3.8) is 0 Å². The third-order valence-corrected chi connectivity index (χ3v) is 3.80. The van der Waals surface area contributed by atoms with E-state index < -0.39 is 12.2 Å². The lowest BCUT2D eigenvalue weighted by Gasteiger charge is -2.05. The summed E-state index contributed by atoms with van der Waals surface area (Å²) in [4.78, 5) is 0. The Kier molecular flexibility index (Phi) is 11.9. The Morgan fingerprint density at radius 2 is 1.11 bits per heavy atom. The van der Waals surface area contributed by atoms with Gasteiger partial charge in [0.15, 0.2) is 0 Å². The minimum Gasteiger partial charge on any atom is -0.393 e. The summed E-state index contributed by atoms with van der Waals surface area (Å²) < 4.78 is 0. The molecule has 4 heteroatoms. The minimum atomic E-state index is -0.735. The van der Waals surface area contributed by atoms with Gasteiger partial charge in [-0.15, -0.1) is 0 Å². The zero-order valence-electron chi connectivity index (χ0n) is 15.9. The highest BCUT2D eigenvalue weighted by Crippen LogP contribution is 2.10. The van der Waals surface area contributed by atoms with Gasteiger partial charge in [0.1, 0.15) is 6.10 Å². The molecule has 2 atom stereocenters. The molecule has 148 valence electrons. The molecular formula is C24H29NO3. The number of aliphatic hydroxyl groups excluding tert-OH is 3. The molecular weight excluding hydrogens is 350 g/mol. The Labute approximate surface area is 167 Å². The zero-order chi connectivity index (χ0) is 20.6. The molecule has 0 saturated heterocycles. The van der Waals surface area contributed by atoms with Gasteiger partial charge in [-0.2, -0.15) is 0 Å². The summed E-state index contributed by atoms with van der Waals surface area (Å²) in [7, 11) is 0. The summed E-state index contributed by atoms with van der Waals surface area (Å²) in [6.45, 7) is 3.69. The Hall–Kier alpha value is -2.76. The largest absolute Gasteiger partial charge is 0.393 e.